The van der Waals surface area contributed by atoms with Gasteiger partial charge in [0.05, 0.1) is 11.9 Å². The van der Waals surface area contributed by atoms with E-state index < -0.39 is 0 Å². The van der Waals surface area contributed by atoms with Crippen LogP contribution in [0.1, 0.15) is 40.5 Å². The Morgan fingerprint density at radius 2 is 2.13 bits per heavy atom. The first-order chi connectivity index (χ1) is 7.11. The molecule has 0 aliphatic rings. The fourth-order valence-electron chi connectivity index (χ4n) is 1.84. The highest BCUT2D eigenvalue weighted by atomic mass is 15.3. The quantitative estimate of drug-likeness (QED) is 0.780. The molecule has 3 nitrogen and oxygen atoms in total. The molecule has 0 aliphatic carbocycles. The van der Waals surface area contributed by atoms with Crippen LogP contribution in [0.3, 0.4) is 0 Å². The fraction of sp³-hybridized carbons (Fsp3) is 0.750. The summed E-state index contributed by atoms with van der Waals surface area (Å²) in [5.74, 6) is 0.734. The highest BCUT2D eigenvalue weighted by Crippen LogP contribution is 2.12. The predicted molar refractivity (Wildman–Crippen MR) is 65.1 cm³/mol. The highest BCUT2D eigenvalue weighted by molar-refractivity contribution is 5.38. The van der Waals surface area contributed by atoms with E-state index in [2.05, 4.69) is 44.3 Å². The van der Waals surface area contributed by atoms with E-state index in [0.717, 1.165) is 24.6 Å². The van der Waals surface area contributed by atoms with Gasteiger partial charge in [0.25, 0.3) is 0 Å². The van der Waals surface area contributed by atoms with Gasteiger partial charge in [0.1, 0.15) is 0 Å². The fourth-order valence-corrected chi connectivity index (χ4v) is 1.84. The van der Waals surface area contributed by atoms with Crippen molar-refractivity contribution in [2.24, 2.45) is 5.92 Å². The predicted octanol–water partition coefficient (Wildman–Crippen LogP) is 3.14. The molecule has 0 amide bonds. The minimum atomic E-state index is 0.518. The maximum Gasteiger partial charge on any atom is 0.0728 e. The second-order valence-electron chi connectivity index (χ2n) is 4.67. The Kier molecular flexibility index (Phi) is 4.66. The van der Waals surface area contributed by atoms with Crippen molar-refractivity contribution in [1.29, 1.82) is 0 Å². The zero-order chi connectivity index (χ0) is 11.3. The van der Waals surface area contributed by atoms with Gasteiger partial charge in [-0.3, -0.25) is 4.68 Å². The van der Waals surface area contributed by atoms with Crippen LogP contribution in [0.4, 0.5) is 5.69 Å². The van der Waals surface area contributed by atoms with Crippen LogP contribution < -0.4 is 5.32 Å². The summed E-state index contributed by atoms with van der Waals surface area (Å²) in [5, 5.41) is 7.76. The van der Waals surface area contributed by atoms with Gasteiger partial charge in [-0.15, -0.1) is 0 Å². The molecule has 1 heterocycles. The van der Waals surface area contributed by atoms with Gasteiger partial charge < -0.3 is 5.32 Å². The molecule has 0 saturated heterocycles. The molecule has 0 radical (unpaired) electrons. The minimum Gasteiger partial charge on any atom is -0.380 e. The Bertz CT molecular complexity index is 278. The zero-order valence-corrected chi connectivity index (χ0v) is 10.3. The number of aromatic nitrogens is 2. The van der Waals surface area contributed by atoms with Crippen LogP contribution >= 0.6 is 0 Å². The summed E-state index contributed by atoms with van der Waals surface area (Å²) in [5.41, 5.74) is 1.14. The Labute approximate surface area is 92.9 Å². The maximum absolute atomic E-state index is 4.29. The van der Waals surface area contributed by atoms with E-state index in [-0.39, 0.29) is 0 Å². The number of nitrogens with zero attached hydrogens (tertiary/aromatic N) is 2. The van der Waals surface area contributed by atoms with E-state index in [1.807, 2.05) is 10.9 Å². The average Bonchev–Trinajstić information content (AvgIpc) is 2.51. The molecule has 1 atom stereocenters. The monoisotopic (exact) mass is 209 g/mol. The van der Waals surface area contributed by atoms with Crippen molar-refractivity contribution in [2.45, 2.75) is 53.1 Å². The standard InChI is InChI=1S/C12H23N3/c1-5-6-15-9-12(8-13-15)14-11(4)7-10(2)3/h8-11,14H,5-7H2,1-4H3. The molecule has 3 heteroatoms. The third-order valence-corrected chi connectivity index (χ3v) is 2.32. The number of hydrogen-bond donors (Lipinski definition) is 1. The lowest BCUT2D eigenvalue weighted by Gasteiger charge is -2.15. The molecule has 0 saturated carbocycles. The SMILES string of the molecule is CCCn1cc(NC(C)CC(C)C)cn1. The molecule has 86 valence electrons. The van der Waals surface area contributed by atoms with Crippen LogP contribution in [-0.4, -0.2) is 15.8 Å². The summed E-state index contributed by atoms with van der Waals surface area (Å²) in [6.07, 6.45) is 6.31. The van der Waals surface area contributed by atoms with Crippen molar-refractivity contribution in [3.8, 4) is 0 Å². The number of nitrogens with one attached hydrogen (secondary N) is 1. The summed E-state index contributed by atoms with van der Waals surface area (Å²) in [6.45, 7) is 9.88. The molecule has 0 bridgehead atoms. The van der Waals surface area contributed by atoms with E-state index in [1.54, 1.807) is 0 Å². The van der Waals surface area contributed by atoms with Gasteiger partial charge in [-0.1, -0.05) is 20.8 Å². The van der Waals surface area contributed by atoms with Crippen LogP contribution in [0.2, 0.25) is 0 Å². The van der Waals surface area contributed by atoms with E-state index in [1.165, 1.54) is 6.42 Å². The molecule has 1 aromatic heterocycles. The van der Waals surface area contributed by atoms with Crippen LogP contribution in [0, 0.1) is 5.92 Å². The van der Waals surface area contributed by atoms with E-state index >= 15 is 0 Å². The molecule has 0 aromatic carbocycles. The molecule has 0 spiro atoms. The van der Waals surface area contributed by atoms with Crippen LogP contribution in [0.25, 0.3) is 0 Å². The lowest BCUT2D eigenvalue weighted by atomic mass is 10.1. The van der Waals surface area contributed by atoms with Crippen molar-refractivity contribution in [2.75, 3.05) is 5.32 Å². The summed E-state index contributed by atoms with van der Waals surface area (Å²) < 4.78 is 1.99. The van der Waals surface area contributed by atoms with Gasteiger partial charge in [0.2, 0.25) is 0 Å². The topological polar surface area (TPSA) is 29.9 Å². The number of hydrogen-bond acceptors (Lipinski definition) is 2. The van der Waals surface area contributed by atoms with Crippen molar-refractivity contribution in [3.63, 3.8) is 0 Å². The second kappa shape index (κ2) is 5.79. The van der Waals surface area contributed by atoms with Gasteiger partial charge in [0, 0.05) is 18.8 Å². The van der Waals surface area contributed by atoms with Gasteiger partial charge in [-0.25, -0.2) is 0 Å². The first-order valence-electron chi connectivity index (χ1n) is 5.90. The van der Waals surface area contributed by atoms with Crippen molar-refractivity contribution in [3.05, 3.63) is 12.4 Å². The van der Waals surface area contributed by atoms with Crippen LogP contribution in [0.5, 0.6) is 0 Å². The zero-order valence-electron chi connectivity index (χ0n) is 10.3. The maximum atomic E-state index is 4.29. The summed E-state index contributed by atoms with van der Waals surface area (Å²) >= 11 is 0. The highest BCUT2D eigenvalue weighted by Gasteiger charge is 2.05. The number of anilines is 1. The minimum absolute atomic E-state index is 0.518. The van der Waals surface area contributed by atoms with E-state index in [9.17, 15) is 0 Å². The molecule has 0 fully saturated rings. The molecule has 0 aliphatic heterocycles. The van der Waals surface area contributed by atoms with Crippen LogP contribution in [-0.2, 0) is 6.54 Å². The molecule has 15 heavy (non-hydrogen) atoms. The third kappa shape index (κ3) is 4.36. The summed E-state index contributed by atoms with van der Waals surface area (Å²) in [7, 11) is 0. The molecular formula is C12H23N3. The molecule has 1 rings (SSSR count). The Morgan fingerprint density at radius 1 is 1.40 bits per heavy atom. The number of rotatable bonds is 6. The average molecular weight is 209 g/mol. The third-order valence-electron chi connectivity index (χ3n) is 2.32. The van der Waals surface area contributed by atoms with Gasteiger partial charge in [0.15, 0.2) is 0 Å². The molecular weight excluding hydrogens is 186 g/mol. The Hall–Kier alpha value is -0.990. The smallest absolute Gasteiger partial charge is 0.0728 e. The first kappa shape index (κ1) is 12.1. The molecule has 1 aromatic rings. The first-order valence-corrected chi connectivity index (χ1v) is 5.90. The second-order valence-corrected chi connectivity index (χ2v) is 4.67. The molecule has 1 unspecified atom stereocenters. The van der Waals surface area contributed by atoms with Gasteiger partial charge in [-0.2, -0.15) is 5.10 Å². The lowest BCUT2D eigenvalue weighted by Crippen LogP contribution is -2.16. The largest absolute Gasteiger partial charge is 0.380 e. The van der Waals surface area contributed by atoms with E-state index in [4.69, 9.17) is 0 Å². The normalized spacial score (nSPS) is 13.1. The van der Waals surface area contributed by atoms with Gasteiger partial charge >= 0.3 is 0 Å². The summed E-state index contributed by atoms with van der Waals surface area (Å²) in [4.78, 5) is 0. The van der Waals surface area contributed by atoms with E-state index in [0.29, 0.717) is 6.04 Å². The van der Waals surface area contributed by atoms with Gasteiger partial charge in [-0.05, 0) is 25.7 Å². The lowest BCUT2D eigenvalue weighted by molar-refractivity contribution is 0.539. The van der Waals surface area contributed by atoms with Crippen molar-refractivity contribution < 1.29 is 0 Å². The van der Waals surface area contributed by atoms with Crippen LogP contribution in [0.15, 0.2) is 12.4 Å². The molecule has 1 N–H and O–H groups in total. The Balaban J connectivity index is 2.42. The number of aryl methyl sites for hydroxylation is 1. The van der Waals surface area contributed by atoms with Crippen molar-refractivity contribution >= 4 is 5.69 Å². The summed E-state index contributed by atoms with van der Waals surface area (Å²) in [6, 6.07) is 0.518. The van der Waals surface area contributed by atoms with Crippen molar-refractivity contribution in [1.82, 2.24) is 9.78 Å². The Morgan fingerprint density at radius 3 is 2.73 bits per heavy atom.